The van der Waals surface area contributed by atoms with Gasteiger partial charge in [0.1, 0.15) is 5.82 Å². The van der Waals surface area contributed by atoms with E-state index in [-0.39, 0.29) is 0 Å². The van der Waals surface area contributed by atoms with Gasteiger partial charge in [-0.15, -0.1) is 0 Å². The lowest BCUT2D eigenvalue weighted by Gasteiger charge is -2.50. The number of rotatable bonds is 5. The molecule has 2 saturated heterocycles. The Kier molecular flexibility index (Phi) is 5.99. The van der Waals surface area contributed by atoms with Gasteiger partial charge in [0.05, 0.1) is 0 Å². The van der Waals surface area contributed by atoms with E-state index in [1.165, 1.54) is 44.3 Å². The van der Waals surface area contributed by atoms with Crippen LogP contribution in [-0.2, 0) is 6.42 Å². The molecule has 0 N–H and O–H groups in total. The number of pyridine rings is 1. The van der Waals surface area contributed by atoms with E-state index in [2.05, 4.69) is 51.0 Å². The summed E-state index contributed by atoms with van der Waals surface area (Å²) in [5.41, 5.74) is 1.40. The van der Waals surface area contributed by atoms with Crippen molar-refractivity contribution in [3.8, 4) is 0 Å². The van der Waals surface area contributed by atoms with Gasteiger partial charge in [-0.05, 0) is 74.9 Å². The van der Waals surface area contributed by atoms with E-state index in [9.17, 15) is 0 Å². The maximum Gasteiger partial charge on any atom is 0.128 e. The predicted molar refractivity (Wildman–Crippen MR) is 124 cm³/mol. The zero-order valence-corrected chi connectivity index (χ0v) is 18.7. The third-order valence-electron chi connectivity index (χ3n) is 7.39. The van der Waals surface area contributed by atoms with Crippen molar-refractivity contribution in [2.75, 3.05) is 38.1 Å². The Morgan fingerprint density at radius 3 is 2.40 bits per heavy atom. The van der Waals surface area contributed by atoms with E-state index < -0.39 is 0 Å². The minimum Gasteiger partial charge on any atom is -0.357 e. The van der Waals surface area contributed by atoms with Crippen molar-refractivity contribution in [3.63, 3.8) is 0 Å². The smallest absolute Gasteiger partial charge is 0.128 e. The molecule has 0 amide bonds. The lowest BCUT2D eigenvalue weighted by atomic mass is 9.93. The summed E-state index contributed by atoms with van der Waals surface area (Å²) in [6, 6.07) is 16.7. The molecule has 3 fully saturated rings. The number of aromatic nitrogens is 1. The summed E-state index contributed by atoms with van der Waals surface area (Å²) >= 11 is 6.12. The maximum atomic E-state index is 6.12. The molecule has 1 saturated carbocycles. The van der Waals surface area contributed by atoms with Gasteiger partial charge in [-0.1, -0.05) is 29.8 Å². The lowest BCUT2D eigenvalue weighted by molar-refractivity contribution is 0.000284. The molecule has 1 aliphatic carbocycles. The summed E-state index contributed by atoms with van der Waals surface area (Å²) in [7, 11) is 2.35. The highest BCUT2D eigenvalue weighted by Gasteiger charge is 2.42. The average Bonchev–Trinajstić information content (AvgIpc) is 3.62. The molecular weight excluding hydrogens is 392 g/mol. The quantitative estimate of drug-likeness (QED) is 0.711. The largest absolute Gasteiger partial charge is 0.357 e. The van der Waals surface area contributed by atoms with Crippen molar-refractivity contribution in [1.29, 1.82) is 0 Å². The molecule has 0 spiro atoms. The molecular formula is C25H33ClN4. The third-order valence-corrected chi connectivity index (χ3v) is 7.64. The number of anilines is 1. The zero-order chi connectivity index (χ0) is 20.5. The van der Waals surface area contributed by atoms with Crippen LogP contribution in [0, 0.1) is 5.92 Å². The van der Waals surface area contributed by atoms with Crippen molar-refractivity contribution >= 4 is 17.4 Å². The van der Waals surface area contributed by atoms with Crippen LogP contribution in [0.4, 0.5) is 5.82 Å². The number of piperazine rings is 1. The molecule has 2 aliphatic heterocycles. The van der Waals surface area contributed by atoms with Crippen LogP contribution in [0.15, 0.2) is 48.7 Å². The van der Waals surface area contributed by atoms with E-state index in [1.807, 2.05) is 24.4 Å². The van der Waals surface area contributed by atoms with Crippen LogP contribution >= 0.6 is 11.6 Å². The van der Waals surface area contributed by atoms with Crippen LogP contribution in [0.5, 0.6) is 0 Å². The van der Waals surface area contributed by atoms with Gasteiger partial charge in [0.15, 0.2) is 0 Å². The summed E-state index contributed by atoms with van der Waals surface area (Å²) in [5.74, 6) is 2.05. The van der Waals surface area contributed by atoms with E-state index in [1.54, 1.807) is 0 Å². The Morgan fingerprint density at radius 2 is 1.73 bits per heavy atom. The number of nitrogens with zero attached hydrogens (tertiary/aromatic N) is 4. The third kappa shape index (κ3) is 4.51. The molecule has 5 heteroatoms. The first-order valence-corrected chi connectivity index (χ1v) is 11.9. The van der Waals surface area contributed by atoms with Crippen LogP contribution in [-0.4, -0.2) is 66.1 Å². The standard InChI is InChI=1S/C25H33ClN4/c1-28-17-23(16-19-5-9-21(26)10-6-19)30(18-24(28)20-7-8-20)22-11-14-29(15-12-22)25-4-2-3-13-27-25/h2-6,9-10,13,20,22-24H,7-8,11-12,14-18H2,1H3/t23-,24+/m0/s1. The Balaban J connectivity index is 1.29. The molecule has 1 aromatic carbocycles. The van der Waals surface area contributed by atoms with Gasteiger partial charge in [0.25, 0.3) is 0 Å². The van der Waals surface area contributed by atoms with Crippen LogP contribution < -0.4 is 4.90 Å². The van der Waals surface area contributed by atoms with Crippen molar-refractivity contribution in [2.45, 2.75) is 50.2 Å². The highest BCUT2D eigenvalue weighted by atomic mass is 35.5. The molecule has 0 radical (unpaired) electrons. The number of likely N-dealkylation sites (N-methyl/N-ethyl adjacent to an activating group) is 1. The van der Waals surface area contributed by atoms with Crippen LogP contribution in [0.2, 0.25) is 5.02 Å². The summed E-state index contributed by atoms with van der Waals surface area (Å²) in [4.78, 5) is 12.6. The average molecular weight is 425 g/mol. The fourth-order valence-corrected chi connectivity index (χ4v) is 5.68. The van der Waals surface area contributed by atoms with Crippen molar-refractivity contribution < 1.29 is 0 Å². The van der Waals surface area contributed by atoms with Gasteiger partial charge in [-0.3, -0.25) is 4.90 Å². The Labute approximate surface area is 185 Å². The van der Waals surface area contributed by atoms with Crippen LogP contribution in [0.25, 0.3) is 0 Å². The summed E-state index contributed by atoms with van der Waals surface area (Å²) in [5, 5.41) is 0.826. The monoisotopic (exact) mass is 424 g/mol. The Hall–Kier alpha value is -1.62. The first kappa shape index (κ1) is 20.3. The van der Waals surface area contributed by atoms with Crippen LogP contribution in [0.1, 0.15) is 31.2 Å². The normalized spacial score (nSPS) is 26.8. The van der Waals surface area contributed by atoms with Gasteiger partial charge >= 0.3 is 0 Å². The van der Waals surface area contributed by atoms with Gasteiger partial charge in [0, 0.05) is 55.5 Å². The topological polar surface area (TPSA) is 22.6 Å². The van der Waals surface area contributed by atoms with Gasteiger partial charge in [0.2, 0.25) is 0 Å². The second-order valence-electron chi connectivity index (χ2n) is 9.43. The van der Waals surface area contributed by atoms with Crippen molar-refractivity contribution in [2.24, 2.45) is 5.92 Å². The van der Waals surface area contributed by atoms with Crippen molar-refractivity contribution in [3.05, 3.63) is 59.2 Å². The van der Waals surface area contributed by atoms with E-state index >= 15 is 0 Å². The van der Waals surface area contributed by atoms with E-state index in [0.29, 0.717) is 12.1 Å². The van der Waals surface area contributed by atoms with E-state index in [4.69, 9.17) is 11.6 Å². The summed E-state index contributed by atoms with van der Waals surface area (Å²) in [6.07, 6.45) is 8.32. The molecule has 4 nitrogen and oxygen atoms in total. The van der Waals surface area contributed by atoms with Gasteiger partial charge in [-0.2, -0.15) is 0 Å². The number of benzene rings is 1. The Morgan fingerprint density at radius 1 is 0.967 bits per heavy atom. The lowest BCUT2D eigenvalue weighted by Crippen LogP contribution is -2.62. The molecule has 30 heavy (non-hydrogen) atoms. The highest BCUT2D eigenvalue weighted by Crippen LogP contribution is 2.38. The minimum absolute atomic E-state index is 0.581. The molecule has 3 aliphatic rings. The number of piperidine rings is 1. The number of hydrogen-bond donors (Lipinski definition) is 0. The second-order valence-corrected chi connectivity index (χ2v) is 9.87. The summed E-state index contributed by atoms with van der Waals surface area (Å²) in [6.45, 7) is 4.61. The van der Waals surface area contributed by atoms with Crippen molar-refractivity contribution in [1.82, 2.24) is 14.8 Å². The fourth-order valence-electron chi connectivity index (χ4n) is 5.56. The van der Waals surface area contributed by atoms with Gasteiger partial charge in [-0.25, -0.2) is 4.98 Å². The first-order valence-electron chi connectivity index (χ1n) is 11.5. The Bertz CT molecular complexity index is 815. The van der Waals surface area contributed by atoms with Crippen LogP contribution in [0.3, 0.4) is 0 Å². The zero-order valence-electron chi connectivity index (χ0n) is 18.0. The molecule has 0 unspecified atom stereocenters. The minimum atomic E-state index is 0.581. The second kappa shape index (κ2) is 8.86. The van der Waals surface area contributed by atoms with E-state index in [0.717, 1.165) is 42.3 Å². The molecule has 3 heterocycles. The first-order chi connectivity index (χ1) is 14.7. The SMILES string of the molecule is CN1C[C@H](Cc2ccc(Cl)cc2)N(C2CCN(c3ccccn3)CC2)C[C@@H]1C1CC1. The molecule has 160 valence electrons. The molecule has 5 rings (SSSR count). The summed E-state index contributed by atoms with van der Waals surface area (Å²) < 4.78 is 0. The maximum absolute atomic E-state index is 6.12. The molecule has 0 bridgehead atoms. The highest BCUT2D eigenvalue weighted by molar-refractivity contribution is 6.30. The molecule has 1 aromatic heterocycles. The molecule has 2 atom stereocenters. The predicted octanol–water partition coefficient (Wildman–Crippen LogP) is 4.34. The number of hydrogen-bond acceptors (Lipinski definition) is 4. The molecule has 2 aromatic rings. The fraction of sp³-hybridized carbons (Fsp3) is 0.560. The number of halogens is 1. The van der Waals surface area contributed by atoms with Gasteiger partial charge < -0.3 is 9.80 Å².